The summed E-state index contributed by atoms with van der Waals surface area (Å²) in [5.41, 5.74) is 1.92. The van der Waals surface area contributed by atoms with E-state index in [2.05, 4.69) is 6.58 Å². The minimum absolute atomic E-state index is 0.0694. The number of ether oxygens (including phenoxy) is 1. The van der Waals surface area contributed by atoms with Gasteiger partial charge in [-0.05, 0) is 51.9 Å². The molecular formula is C18H25NO4. The molecule has 5 nitrogen and oxygen atoms in total. The molecule has 0 fully saturated rings. The van der Waals surface area contributed by atoms with Crippen molar-refractivity contribution in [1.29, 1.82) is 0 Å². The number of carbonyl (C=O) groups excluding carboxylic acids is 3. The molecule has 1 aliphatic carbocycles. The second-order valence-electron chi connectivity index (χ2n) is 6.26. The van der Waals surface area contributed by atoms with Gasteiger partial charge in [0.15, 0.2) is 0 Å². The molecule has 2 rings (SSSR count). The van der Waals surface area contributed by atoms with Gasteiger partial charge in [-0.25, -0.2) is 4.79 Å². The Bertz CT molecular complexity index is 519. The lowest BCUT2D eigenvalue weighted by Gasteiger charge is -2.14. The molecule has 0 unspecified atom stereocenters. The Morgan fingerprint density at radius 3 is 2.17 bits per heavy atom. The summed E-state index contributed by atoms with van der Waals surface area (Å²) in [4.78, 5) is 37.1. The molecule has 0 spiro atoms. The van der Waals surface area contributed by atoms with Gasteiger partial charge in [0.25, 0.3) is 11.8 Å². The number of nitrogens with zero attached hydrogens (tertiary/aromatic N) is 1. The third kappa shape index (κ3) is 4.30. The van der Waals surface area contributed by atoms with Gasteiger partial charge in [-0.15, -0.1) is 0 Å². The molecule has 0 aromatic carbocycles. The minimum Gasteiger partial charge on any atom is -0.462 e. The number of hydrogen-bond donors (Lipinski definition) is 0. The van der Waals surface area contributed by atoms with Crippen LogP contribution in [0.2, 0.25) is 0 Å². The molecule has 0 saturated heterocycles. The molecule has 0 aromatic heterocycles. The maximum Gasteiger partial charge on any atom is 0.333 e. The first-order chi connectivity index (χ1) is 11.0. The molecular weight excluding hydrogens is 294 g/mol. The summed E-state index contributed by atoms with van der Waals surface area (Å²) in [6.07, 6.45) is 6.93. The van der Waals surface area contributed by atoms with Crippen molar-refractivity contribution in [2.75, 3.05) is 13.2 Å². The zero-order chi connectivity index (χ0) is 16.8. The summed E-state index contributed by atoms with van der Waals surface area (Å²) < 4.78 is 5.02. The fourth-order valence-electron chi connectivity index (χ4n) is 3.01. The van der Waals surface area contributed by atoms with Gasteiger partial charge in [-0.3, -0.25) is 14.5 Å². The van der Waals surface area contributed by atoms with Crippen molar-refractivity contribution in [3.63, 3.8) is 0 Å². The third-order valence-electron chi connectivity index (χ3n) is 4.33. The first-order valence-corrected chi connectivity index (χ1v) is 8.43. The highest BCUT2D eigenvalue weighted by Gasteiger charge is 2.38. The molecule has 2 aliphatic rings. The van der Waals surface area contributed by atoms with E-state index in [0.29, 0.717) is 18.7 Å². The highest BCUT2D eigenvalue weighted by molar-refractivity contribution is 6.19. The lowest BCUT2D eigenvalue weighted by atomic mass is 9.93. The van der Waals surface area contributed by atoms with Crippen LogP contribution in [0.4, 0.5) is 0 Å². The van der Waals surface area contributed by atoms with E-state index in [1.165, 1.54) is 4.90 Å². The average Bonchev–Trinajstić information content (AvgIpc) is 2.78. The van der Waals surface area contributed by atoms with E-state index in [4.69, 9.17) is 4.74 Å². The second-order valence-corrected chi connectivity index (χ2v) is 6.26. The van der Waals surface area contributed by atoms with Crippen LogP contribution in [-0.4, -0.2) is 35.8 Å². The lowest BCUT2D eigenvalue weighted by Crippen LogP contribution is -2.32. The fourth-order valence-corrected chi connectivity index (χ4v) is 3.01. The van der Waals surface area contributed by atoms with Gasteiger partial charge in [0, 0.05) is 23.3 Å². The van der Waals surface area contributed by atoms with Gasteiger partial charge in [0.2, 0.25) is 0 Å². The molecule has 0 N–H and O–H groups in total. The Morgan fingerprint density at radius 2 is 1.61 bits per heavy atom. The number of carbonyl (C=O) groups is 3. The van der Waals surface area contributed by atoms with Gasteiger partial charge in [-0.2, -0.15) is 0 Å². The predicted molar refractivity (Wildman–Crippen MR) is 86.5 cm³/mol. The molecule has 5 heteroatoms. The van der Waals surface area contributed by atoms with Crippen molar-refractivity contribution in [2.45, 2.75) is 58.3 Å². The minimum atomic E-state index is -0.352. The number of esters is 1. The predicted octanol–water partition coefficient (Wildman–Crippen LogP) is 2.91. The molecule has 0 aromatic rings. The summed E-state index contributed by atoms with van der Waals surface area (Å²) in [6.45, 7) is 6.04. The molecule has 0 bridgehead atoms. The Kier molecular flexibility index (Phi) is 6.13. The number of imide groups is 1. The second kappa shape index (κ2) is 8.09. The largest absolute Gasteiger partial charge is 0.462 e. The van der Waals surface area contributed by atoms with Crippen LogP contribution in [0.3, 0.4) is 0 Å². The van der Waals surface area contributed by atoms with Gasteiger partial charge in [0.1, 0.15) is 0 Å². The number of rotatable bonds is 8. The number of hydrogen-bond acceptors (Lipinski definition) is 4. The van der Waals surface area contributed by atoms with Gasteiger partial charge >= 0.3 is 5.97 Å². The Morgan fingerprint density at radius 1 is 1.04 bits per heavy atom. The summed E-state index contributed by atoms with van der Waals surface area (Å²) >= 11 is 0. The maximum atomic E-state index is 12.2. The Balaban J connectivity index is 1.62. The van der Waals surface area contributed by atoms with E-state index in [-0.39, 0.29) is 17.8 Å². The van der Waals surface area contributed by atoms with Crippen molar-refractivity contribution in [3.05, 3.63) is 23.3 Å². The molecule has 1 heterocycles. The Hall–Kier alpha value is -1.91. The average molecular weight is 319 g/mol. The van der Waals surface area contributed by atoms with E-state index in [1.807, 2.05) is 0 Å². The smallest absolute Gasteiger partial charge is 0.333 e. The maximum absolute atomic E-state index is 12.2. The van der Waals surface area contributed by atoms with Gasteiger partial charge in [-0.1, -0.05) is 13.0 Å². The summed E-state index contributed by atoms with van der Waals surface area (Å²) in [7, 11) is 0. The molecule has 23 heavy (non-hydrogen) atoms. The first kappa shape index (κ1) is 17.4. The van der Waals surface area contributed by atoms with Crippen LogP contribution in [0, 0.1) is 0 Å². The highest BCUT2D eigenvalue weighted by Crippen LogP contribution is 2.32. The van der Waals surface area contributed by atoms with E-state index >= 15 is 0 Å². The van der Waals surface area contributed by atoms with Crippen LogP contribution >= 0.6 is 0 Å². The van der Waals surface area contributed by atoms with Crippen LogP contribution in [0.1, 0.15) is 58.3 Å². The van der Waals surface area contributed by atoms with Gasteiger partial charge < -0.3 is 4.74 Å². The van der Waals surface area contributed by atoms with E-state index < -0.39 is 0 Å². The monoisotopic (exact) mass is 319 g/mol. The van der Waals surface area contributed by atoms with E-state index in [9.17, 15) is 14.4 Å². The SMILES string of the molecule is C=C(C)C(=O)OCCCCCCN1C(=O)C2=C(CCCC2)C1=O. The molecule has 2 amide bonds. The normalized spacial score (nSPS) is 17.5. The quantitative estimate of drug-likeness (QED) is 0.299. The first-order valence-electron chi connectivity index (χ1n) is 8.43. The third-order valence-corrected chi connectivity index (χ3v) is 4.33. The topological polar surface area (TPSA) is 63.7 Å². The summed E-state index contributed by atoms with van der Waals surface area (Å²) in [5, 5.41) is 0. The van der Waals surface area contributed by atoms with Crippen LogP contribution in [0.5, 0.6) is 0 Å². The van der Waals surface area contributed by atoms with Crippen LogP contribution in [0.15, 0.2) is 23.3 Å². The van der Waals surface area contributed by atoms with Crippen LogP contribution in [-0.2, 0) is 19.1 Å². The molecule has 0 atom stereocenters. The van der Waals surface area contributed by atoms with Crippen molar-refractivity contribution >= 4 is 17.8 Å². The molecule has 1 aliphatic heterocycles. The van der Waals surface area contributed by atoms with Crippen molar-refractivity contribution in [1.82, 2.24) is 4.90 Å². The van der Waals surface area contributed by atoms with Crippen LogP contribution < -0.4 is 0 Å². The number of unbranched alkanes of at least 4 members (excludes halogenated alkanes) is 3. The highest BCUT2D eigenvalue weighted by atomic mass is 16.5. The van der Waals surface area contributed by atoms with Gasteiger partial charge in [0.05, 0.1) is 6.61 Å². The van der Waals surface area contributed by atoms with Crippen molar-refractivity contribution < 1.29 is 19.1 Å². The standard InChI is InChI=1S/C18H25NO4/c1-13(2)18(22)23-12-8-4-3-7-11-19-16(20)14-9-5-6-10-15(14)17(19)21/h1,3-12H2,2H3. The molecule has 126 valence electrons. The Labute approximate surface area is 137 Å². The summed E-state index contributed by atoms with van der Waals surface area (Å²) in [6, 6.07) is 0. The fraction of sp³-hybridized carbons (Fsp3) is 0.611. The lowest BCUT2D eigenvalue weighted by molar-refractivity contribution is -0.139. The van der Waals surface area contributed by atoms with E-state index in [1.54, 1.807) is 6.92 Å². The van der Waals surface area contributed by atoms with Crippen LogP contribution in [0.25, 0.3) is 0 Å². The molecule has 0 saturated carbocycles. The van der Waals surface area contributed by atoms with E-state index in [0.717, 1.165) is 62.5 Å². The number of amides is 2. The summed E-state index contributed by atoms with van der Waals surface area (Å²) in [5.74, 6) is -0.491. The van der Waals surface area contributed by atoms with Crippen molar-refractivity contribution in [2.24, 2.45) is 0 Å². The zero-order valence-corrected chi connectivity index (χ0v) is 13.9. The van der Waals surface area contributed by atoms with Crippen molar-refractivity contribution in [3.8, 4) is 0 Å². The zero-order valence-electron chi connectivity index (χ0n) is 13.9. The molecule has 0 radical (unpaired) electrons.